The Balaban J connectivity index is 2.40. The van der Waals surface area contributed by atoms with E-state index in [1.165, 1.54) is 6.08 Å². The molecule has 82 valence electrons. The molecule has 0 spiro atoms. The van der Waals surface area contributed by atoms with E-state index >= 15 is 0 Å². The van der Waals surface area contributed by atoms with Crippen molar-refractivity contribution < 1.29 is 4.79 Å². The molecule has 1 unspecified atom stereocenters. The average molecular weight is 227 g/mol. The topological polar surface area (TPSA) is 72.7 Å². The van der Waals surface area contributed by atoms with Gasteiger partial charge >= 0.3 is 0 Å². The fourth-order valence-electron chi connectivity index (χ4n) is 0.932. The molecule has 0 aromatic carbocycles. The predicted octanol–water partition coefficient (Wildman–Crippen LogP) is -0.0703. The maximum absolute atomic E-state index is 11.2. The van der Waals surface area contributed by atoms with Gasteiger partial charge in [0.15, 0.2) is 0 Å². The number of amides is 1. The lowest BCUT2D eigenvalue weighted by Crippen LogP contribution is -2.26. The monoisotopic (exact) mass is 227 g/mol. The summed E-state index contributed by atoms with van der Waals surface area (Å²) in [4.78, 5) is 11.2. The van der Waals surface area contributed by atoms with Gasteiger partial charge in [0.1, 0.15) is 5.82 Å². The van der Waals surface area contributed by atoms with Crippen LogP contribution in [-0.4, -0.2) is 31.5 Å². The highest BCUT2D eigenvalue weighted by Gasteiger charge is 1.99. The van der Waals surface area contributed by atoms with Gasteiger partial charge in [0.25, 0.3) is 0 Å². The van der Waals surface area contributed by atoms with Crippen LogP contribution in [0, 0.1) is 6.92 Å². The molecule has 0 aliphatic carbocycles. The predicted molar refractivity (Wildman–Crippen MR) is 58.3 cm³/mol. The molecule has 0 saturated carbocycles. The molecule has 1 aromatic heterocycles. The third kappa shape index (κ3) is 4.11. The molecule has 1 amide bonds. The Morgan fingerprint density at radius 2 is 2.47 bits per heavy atom. The number of hydrogen-bond donors (Lipinski definition) is 2. The minimum atomic E-state index is -0.178. The second kappa shape index (κ2) is 5.50. The summed E-state index contributed by atoms with van der Waals surface area (Å²) in [6.07, 6.45) is 3.13. The van der Waals surface area contributed by atoms with Gasteiger partial charge < -0.3 is 5.32 Å². The molecule has 1 rings (SSSR count). The number of aromatic nitrogens is 4. The van der Waals surface area contributed by atoms with E-state index in [0.29, 0.717) is 12.4 Å². The molecule has 0 bridgehead atoms. The number of nitrogens with zero attached hydrogens (tertiary/aromatic N) is 4. The maximum Gasteiger partial charge on any atom is 0.244 e. The van der Waals surface area contributed by atoms with Gasteiger partial charge in [0, 0.05) is 6.08 Å². The molecule has 15 heavy (non-hydrogen) atoms. The second-order valence-corrected chi connectivity index (χ2v) is 3.77. The van der Waals surface area contributed by atoms with Crippen LogP contribution in [0.1, 0.15) is 12.7 Å². The highest BCUT2D eigenvalue weighted by molar-refractivity contribution is 7.80. The molecular formula is C8H13N5OS. The molecule has 0 saturated heterocycles. The Morgan fingerprint density at radius 1 is 1.73 bits per heavy atom. The van der Waals surface area contributed by atoms with E-state index in [9.17, 15) is 4.79 Å². The molecule has 0 aliphatic heterocycles. The third-order valence-corrected chi connectivity index (χ3v) is 1.74. The van der Waals surface area contributed by atoms with Crippen molar-refractivity contribution >= 4 is 18.5 Å². The van der Waals surface area contributed by atoms with Crippen molar-refractivity contribution in [2.45, 2.75) is 25.8 Å². The van der Waals surface area contributed by atoms with Crippen LogP contribution in [0.25, 0.3) is 0 Å². The largest absolute Gasteiger partial charge is 0.341 e. The molecule has 1 N–H and O–H groups in total. The normalized spacial score (nSPS) is 13.0. The zero-order valence-corrected chi connectivity index (χ0v) is 9.48. The molecule has 1 aromatic rings. The minimum absolute atomic E-state index is 0.156. The second-order valence-electron chi connectivity index (χ2n) is 3.00. The van der Waals surface area contributed by atoms with E-state index in [2.05, 4.69) is 33.5 Å². The molecular weight excluding hydrogens is 214 g/mol. The Kier molecular flexibility index (Phi) is 4.29. The van der Waals surface area contributed by atoms with Crippen molar-refractivity contribution in [3.8, 4) is 0 Å². The number of aryl methyl sites for hydroxylation is 1. The Bertz CT molecular complexity index is 360. The van der Waals surface area contributed by atoms with E-state index < -0.39 is 0 Å². The highest BCUT2D eigenvalue weighted by Crippen LogP contribution is 1.90. The van der Waals surface area contributed by atoms with Gasteiger partial charge in [0.2, 0.25) is 5.91 Å². The summed E-state index contributed by atoms with van der Waals surface area (Å²) in [6, 6.07) is 0. The van der Waals surface area contributed by atoms with Crippen LogP contribution in [0.3, 0.4) is 0 Å². The number of carbonyl (C=O) groups excluding carboxylic acids is 1. The number of carbonyl (C=O) groups is 1. The fraction of sp³-hybridized carbons (Fsp3) is 0.500. The number of nitrogens with one attached hydrogen (secondary N) is 1. The summed E-state index contributed by atoms with van der Waals surface area (Å²) in [5, 5.41) is 13.4. The molecule has 7 heteroatoms. The van der Waals surface area contributed by atoms with E-state index in [-0.39, 0.29) is 11.3 Å². The first-order valence-corrected chi connectivity index (χ1v) is 4.99. The zero-order chi connectivity index (χ0) is 11.3. The Morgan fingerprint density at radius 3 is 3.00 bits per heavy atom. The van der Waals surface area contributed by atoms with Gasteiger partial charge in [-0.2, -0.15) is 12.6 Å². The molecule has 1 atom stereocenters. The minimum Gasteiger partial charge on any atom is -0.341 e. The van der Waals surface area contributed by atoms with Crippen LogP contribution in [0.2, 0.25) is 0 Å². The van der Waals surface area contributed by atoms with Crippen LogP contribution in [0.5, 0.6) is 0 Å². The van der Waals surface area contributed by atoms with Crippen LogP contribution in [0.15, 0.2) is 12.2 Å². The van der Waals surface area contributed by atoms with Crippen molar-refractivity contribution in [3.05, 3.63) is 18.0 Å². The standard InChI is InChI=1S/C8H13N5OS/c1-6-10-11-12-13(6)5-3-4-8(14)9-7(2)15/h3-4,7,15H,5H2,1-2H3,(H,9,14)/b4-3+. The lowest BCUT2D eigenvalue weighted by atomic mass is 10.4. The number of allylic oxidation sites excluding steroid dienone is 1. The molecule has 0 aliphatic rings. The van der Waals surface area contributed by atoms with Gasteiger partial charge in [-0.1, -0.05) is 6.08 Å². The Hall–Kier alpha value is -1.37. The van der Waals surface area contributed by atoms with Gasteiger partial charge in [-0.05, 0) is 24.3 Å². The van der Waals surface area contributed by atoms with Crippen LogP contribution < -0.4 is 5.32 Å². The average Bonchev–Trinajstić information content (AvgIpc) is 2.50. The van der Waals surface area contributed by atoms with E-state index in [0.717, 1.165) is 0 Å². The summed E-state index contributed by atoms with van der Waals surface area (Å²) in [5.41, 5.74) is 0. The first kappa shape index (κ1) is 11.7. The lowest BCUT2D eigenvalue weighted by Gasteiger charge is -2.03. The van der Waals surface area contributed by atoms with Crippen molar-refractivity contribution in [3.63, 3.8) is 0 Å². The smallest absolute Gasteiger partial charge is 0.244 e. The molecule has 6 nitrogen and oxygen atoms in total. The summed E-state index contributed by atoms with van der Waals surface area (Å²) in [7, 11) is 0. The number of thiol groups is 1. The van der Waals surface area contributed by atoms with Gasteiger partial charge in [-0.25, -0.2) is 4.68 Å². The fourth-order valence-corrected chi connectivity index (χ4v) is 1.06. The highest BCUT2D eigenvalue weighted by atomic mass is 32.1. The summed E-state index contributed by atoms with van der Waals surface area (Å²) >= 11 is 4.03. The SMILES string of the molecule is Cc1nnnn1C/C=C/C(=O)NC(C)S. The third-order valence-electron chi connectivity index (χ3n) is 1.61. The molecule has 0 fully saturated rings. The van der Waals surface area contributed by atoms with Crippen molar-refractivity contribution in [2.75, 3.05) is 0 Å². The summed E-state index contributed by atoms with van der Waals surface area (Å²) < 4.78 is 1.59. The van der Waals surface area contributed by atoms with E-state index in [1.54, 1.807) is 24.6 Å². The van der Waals surface area contributed by atoms with Gasteiger partial charge in [-0.15, -0.1) is 5.10 Å². The van der Waals surface area contributed by atoms with Crippen molar-refractivity contribution in [2.24, 2.45) is 0 Å². The summed E-state index contributed by atoms with van der Waals surface area (Å²) in [6.45, 7) is 4.05. The van der Waals surface area contributed by atoms with Crippen molar-refractivity contribution in [1.82, 2.24) is 25.5 Å². The first-order chi connectivity index (χ1) is 7.09. The van der Waals surface area contributed by atoms with Gasteiger partial charge in [0.05, 0.1) is 11.9 Å². The van der Waals surface area contributed by atoms with E-state index in [1.807, 2.05) is 0 Å². The lowest BCUT2D eigenvalue weighted by molar-refractivity contribution is -0.116. The van der Waals surface area contributed by atoms with Crippen LogP contribution in [-0.2, 0) is 11.3 Å². The zero-order valence-electron chi connectivity index (χ0n) is 8.58. The maximum atomic E-state index is 11.2. The molecule has 1 heterocycles. The Labute approximate surface area is 93.1 Å². The van der Waals surface area contributed by atoms with Crippen molar-refractivity contribution in [1.29, 1.82) is 0 Å². The van der Waals surface area contributed by atoms with E-state index in [4.69, 9.17) is 0 Å². The van der Waals surface area contributed by atoms with Crippen LogP contribution in [0.4, 0.5) is 0 Å². The molecule has 0 radical (unpaired) electrons. The quantitative estimate of drug-likeness (QED) is 0.429. The van der Waals surface area contributed by atoms with Gasteiger partial charge in [-0.3, -0.25) is 4.79 Å². The first-order valence-electron chi connectivity index (χ1n) is 4.47. The number of rotatable bonds is 4. The number of tetrazole rings is 1. The summed E-state index contributed by atoms with van der Waals surface area (Å²) in [5.74, 6) is 0.533. The van der Waals surface area contributed by atoms with Crippen LogP contribution >= 0.6 is 12.6 Å². The number of hydrogen-bond acceptors (Lipinski definition) is 5.